The Labute approximate surface area is 70.2 Å². The Kier molecular flexibility index (Phi) is 2.23. The highest BCUT2D eigenvalue weighted by molar-refractivity contribution is 9.10. The van der Waals surface area contributed by atoms with E-state index in [0.717, 1.165) is 6.07 Å². The van der Waals surface area contributed by atoms with E-state index in [2.05, 4.69) is 15.9 Å². The van der Waals surface area contributed by atoms with Crippen molar-refractivity contribution in [1.82, 2.24) is 0 Å². The fourth-order valence-electron chi connectivity index (χ4n) is 0.693. The van der Waals surface area contributed by atoms with Gasteiger partial charge in [0.1, 0.15) is 5.82 Å². The zero-order valence-corrected chi connectivity index (χ0v) is 7.18. The summed E-state index contributed by atoms with van der Waals surface area (Å²) in [5.74, 6) is -2.94. The van der Waals surface area contributed by atoms with Crippen LogP contribution in [-0.2, 0) is 0 Å². The number of hydrogen-bond acceptors (Lipinski definition) is 0. The highest BCUT2D eigenvalue weighted by Crippen LogP contribution is 2.22. The summed E-state index contributed by atoms with van der Waals surface area (Å²) in [7, 11) is 0. The minimum absolute atomic E-state index is 0.0612. The molecule has 0 nitrogen and oxygen atoms in total. The first-order valence-corrected chi connectivity index (χ1v) is 3.63. The topological polar surface area (TPSA) is 0 Å². The molecule has 0 spiro atoms. The number of hydrogen-bond donors (Lipinski definition) is 0. The van der Waals surface area contributed by atoms with Crippen LogP contribution in [0.2, 0.25) is 0 Å². The molecule has 1 aromatic rings. The third-order valence-electron chi connectivity index (χ3n) is 1.33. The van der Waals surface area contributed by atoms with E-state index in [-0.39, 0.29) is 10.0 Å². The quantitative estimate of drug-likeness (QED) is 0.595. The Balaban J connectivity index is 3.46. The van der Waals surface area contributed by atoms with E-state index in [1.807, 2.05) is 0 Å². The summed E-state index contributed by atoms with van der Waals surface area (Å²) in [5, 5.41) is 0. The summed E-state index contributed by atoms with van der Waals surface area (Å²) in [4.78, 5) is 0. The van der Waals surface area contributed by atoms with Gasteiger partial charge in [0.2, 0.25) is 0 Å². The summed E-state index contributed by atoms with van der Waals surface area (Å²) >= 11 is 2.75. The van der Waals surface area contributed by atoms with Crippen LogP contribution in [0.3, 0.4) is 0 Å². The van der Waals surface area contributed by atoms with Crippen LogP contribution in [0, 0.1) is 24.4 Å². The molecule has 4 heteroatoms. The van der Waals surface area contributed by atoms with Crippen molar-refractivity contribution < 1.29 is 13.2 Å². The monoisotopic (exact) mass is 224 g/mol. The van der Waals surface area contributed by atoms with Gasteiger partial charge in [-0.2, -0.15) is 0 Å². The predicted octanol–water partition coefficient (Wildman–Crippen LogP) is 3.17. The fourth-order valence-corrected chi connectivity index (χ4v) is 1.19. The van der Waals surface area contributed by atoms with Gasteiger partial charge in [-0.25, -0.2) is 13.2 Å². The Morgan fingerprint density at radius 2 is 1.73 bits per heavy atom. The molecule has 11 heavy (non-hydrogen) atoms. The lowest BCUT2D eigenvalue weighted by Gasteiger charge is -2.00. The molecule has 60 valence electrons. The van der Waals surface area contributed by atoms with Crippen LogP contribution in [0.25, 0.3) is 0 Å². The van der Waals surface area contributed by atoms with Crippen molar-refractivity contribution in [2.45, 2.75) is 6.92 Å². The third-order valence-corrected chi connectivity index (χ3v) is 1.91. The molecular weight excluding hydrogens is 221 g/mol. The second kappa shape index (κ2) is 2.85. The molecule has 0 radical (unpaired) electrons. The average Bonchev–Trinajstić information content (AvgIpc) is 1.97. The van der Waals surface area contributed by atoms with Crippen molar-refractivity contribution in [2.24, 2.45) is 0 Å². The van der Waals surface area contributed by atoms with Gasteiger partial charge >= 0.3 is 0 Å². The minimum atomic E-state index is -1.13. The van der Waals surface area contributed by atoms with Crippen LogP contribution in [0.4, 0.5) is 13.2 Å². The molecule has 0 saturated carbocycles. The van der Waals surface area contributed by atoms with E-state index in [4.69, 9.17) is 0 Å². The Bertz CT molecular complexity index is 270. The molecule has 0 bridgehead atoms. The van der Waals surface area contributed by atoms with E-state index in [0.29, 0.717) is 0 Å². The SMILES string of the molecule is Cc1c(F)c(F)cc(Br)c1F. The van der Waals surface area contributed by atoms with Crippen LogP contribution >= 0.6 is 15.9 Å². The average molecular weight is 225 g/mol. The summed E-state index contributed by atoms with van der Waals surface area (Å²) in [6, 6.07) is 0.762. The van der Waals surface area contributed by atoms with Crippen molar-refractivity contribution in [3.63, 3.8) is 0 Å². The lowest BCUT2D eigenvalue weighted by molar-refractivity contribution is 0.484. The fraction of sp³-hybridized carbons (Fsp3) is 0.143. The predicted molar refractivity (Wildman–Crippen MR) is 38.8 cm³/mol. The van der Waals surface area contributed by atoms with Crippen molar-refractivity contribution in [1.29, 1.82) is 0 Å². The zero-order chi connectivity index (χ0) is 8.59. The Morgan fingerprint density at radius 3 is 2.27 bits per heavy atom. The van der Waals surface area contributed by atoms with Crippen molar-refractivity contribution in [2.75, 3.05) is 0 Å². The smallest absolute Gasteiger partial charge is 0.164 e. The molecule has 0 aliphatic heterocycles. The summed E-state index contributed by atoms with van der Waals surface area (Å²) in [5.41, 5.74) is -0.308. The van der Waals surface area contributed by atoms with Gasteiger partial charge in [0, 0.05) is 5.56 Å². The highest BCUT2D eigenvalue weighted by Gasteiger charge is 2.12. The first-order chi connectivity index (χ1) is 5.04. The van der Waals surface area contributed by atoms with Gasteiger partial charge in [-0.3, -0.25) is 0 Å². The van der Waals surface area contributed by atoms with Gasteiger partial charge in [-0.15, -0.1) is 0 Å². The minimum Gasteiger partial charge on any atom is -0.205 e. The molecule has 0 atom stereocenters. The first-order valence-electron chi connectivity index (χ1n) is 2.83. The normalized spacial score (nSPS) is 10.3. The van der Waals surface area contributed by atoms with Crippen LogP contribution in [0.5, 0.6) is 0 Å². The summed E-state index contributed by atoms with van der Waals surface area (Å²) in [6.45, 7) is 1.18. The summed E-state index contributed by atoms with van der Waals surface area (Å²) in [6.07, 6.45) is 0. The zero-order valence-electron chi connectivity index (χ0n) is 5.59. The van der Waals surface area contributed by atoms with Crippen LogP contribution in [0.15, 0.2) is 10.5 Å². The van der Waals surface area contributed by atoms with Crippen molar-refractivity contribution in [3.8, 4) is 0 Å². The Morgan fingerprint density at radius 1 is 1.18 bits per heavy atom. The molecule has 0 aliphatic carbocycles. The number of benzene rings is 1. The van der Waals surface area contributed by atoms with E-state index in [1.54, 1.807) is 0 Å². The maximum absolute atomic E-state index is 12.7. The number of rotatable bonds is 0. The third kappa shape index (κ3) is 1.40. The van der Waals surface area contributed by atoms with E-state index >= 15 is 0 Å². The molecule has 0 fully saturated rings. The van der Waals surface area contributed by atoms with E-state index in [9.17, 15) is 13.2 Å². The largest absolute Gasteiger partial charge is 0.205 e. The van der Waals surface area contributed by atoms with Crippen LogP contribution < -0.4 is 0 Å². The molecule has 1 rings (SSSR count). The second-order valence-corrected chi connectivity index (χ2v) is 2.95. The van der Waals surface area contributed by atoms with Crippen molar-refractivity contribution >= 4 is 15.9 Å². The second-order valence-electron chi connectivity index (χ2n) is 2.09. The van der Waals surface area contributed by atoms with E-state index < -0.39 is 17.5 Å². The molecule has 0 N–H and O–H groups in total. The molecule has 0 amide bonds. The molecule has 1 aromatic carbocycles. The lowest BCUT2D eigenvalue weighted by atomic mass is 10.2. The number of halogens is 4. The lowest BCUT2D eigenvalue weighted by Crippen LogP contribution is -1.94. The molecule has 0 saturated heterocycles. The van der Waals surface area contributed by atoms with Gasteiger partial charge in [0.25, 0.3) is 0 Å². The van der Waals surface area contributed by atoms with Gasteiger partial charge in [0.15, 0.2) is 11.6 Å². The maximum atomic E-state index is 12.7. The van der Waals surface area contributed by atoms with Gasteiger partial charge in [-0.05, 0) is 28.9 Å². The standard InChI is InChI=1S/C7H4BrF3/c1-3-6(10)4(8)2-5(9)7(3)11/h2H,1H3. The van der Waals surface area contributed by atoms with Gasteiger partial charge < -0.3 is 0 Å². The summed E-state index contributed by atoms with van der Waals surface area (Å²) < 4.78 is 37.6. The van der Waals surface area contributed by atoms with E-state index in [1.165, 1.54) is 6.92 Å². The highest BCUT2D eigenvalue weighted by atomic mass is 79.9. The van der Waals surface area contributed by atoms with Gasteiger partial charge in [0.05, 0.1) is 4.47 Å². The van der Waals surface area contributed by atoms with Gasteiger partial charge in [-0.1, -0.05) is 0 Å². The molecule has 0 aromatic heterocycles. The first kappa shape index (κ1) is 8.59. The van der Waals surface area contributed by atoms with Crippen LogP contribution in [0.1, 0.15) is 5.56 Å². The molecular formula is C7H4BrF3. The Hall–Kier alpha value is -0.510. The van der Waals surface area contributed by atoms with Crippen LogP contribution in [-0.4, -0.2) is 0 Å². The van der Waals surface area contributed by atoms with Crippen molar-refractivity contribution in [3.05, 3.63) is 33.6 Å². The molecule has 0 heterocycles. The maximum Gasteiger partial charge on any atom is 0.164 e. The molecule has 0 aliphatic rings. The molecule has 0 unspecified atom stereocenters.